The molecule has 2 N–H and O–H groups in total. The summed E-state index contributed by atoms with van der Waals surface area (Å²) in [6.45, 7) is 5.04. The van der Waals surface area contributed by atoms with Crippen molar-refractivity contribution in [3.63, 3.8) is 0 Å². The first-order chi connectivity index (χ1) is 5.93. The van der Waals surface area contributed by atoms with Crippen LogP contribution in [0.15, 0.2) is 0 Å². The number of carboxylic acid groups (broad SMARTS) is 1. The molecule has 0 aromatic carbocycles. The average Bonchev–Trinajstić information content (AvgIpc) is 1.98. The zero-order valence-electron chi connectivity index (χ0n) is 8.03. The zero-order chi connectivity index (χ0) is 10.4. The Kier molecular flexibility index (Phi) is 4.87. The van der Waals surface area contributed by atoms with Gasteiger partial charge in [-0.25, -0.2) is 4.79 Å². The van der Waals surface area contributed by atoms with Crippen LogP contribution in [0.25, 0.3) is 0 Å². The van der Waals surface area contributed by atoms with Gasteiger partial charge in [0.05, 0.1) is 12.0 Å². The lowest BCUT2D eigenvalue weighted by atomic mass is 10.2. The van der Waals surface area contributed by atoms with Gasteiger partial charge in [0.1, 0.15) is 0 Å². The van der Waals surface area contributed by atoms with Crippen molar-refractivity contribution in [2.24, 2.45) is 5.92 Å². The van der Waals surface area contributed by atoms with Crippen LogP contribution in [0.3, 0.4) is 0 Å². The molecule has 0 aliphatic heterocycles. The zero-order valence-corrected chi connectivity index (χ0v) is 8.03. The molecule has 0 radical (unpaired) electrons. The van der Waals surface area contributed by atoms with Crippen LogP contribution in [0.1, 0.15) is 20.8 Å². The molecule has 1 atom stereocenters. The number of nitrogens with one attached hydrogen (secondary N) is 1. The standard InChI is InChI=1S/C8H15NO4/c1-5(2)13-8(12)9-4-6(3)7(10)11/h5-6H,4H2,1-3H3,(H,9,12)(H,10,11). The average molecular weight is 189 g/mol. The van der Waals surface area contributed by atoms with Crippen LogP contribution in [0, 0.1) is 5.92 Å². The highest BCUT2D eigenvalue weighted by molar-refractivity contribution is 5.72. The lowest BCUT2D eigenvalue weighted by molar-refractivity contribution is -0.140. The highest BCUT2D eigenvalue weighted by atomic mass is 16.6. The number of carbonyl (C=O) groups excluding carboxylic acids is 1. The van der Waals surface area contributed by atoms with E-state index in [2.05, 4.69) is 5.32 Å². The van der Waals surface area contributed by atoms with Crippen LogP contribution < -0.4 is 5.32 Å². The lowest BCUT2D eigenvalue weighted by Crippen LogP contribution is -2.33. The van der Waals surface area contributed by atoms with Crippen LogP contribution in [0.4, 0.5) is 4.79 Å². The van der Waals surface area contributed by atoms with Crippen molar-refractivity contribution in [3.8, 4) is 0 Å². The molecule has 13 heavy (non-hydrogen) atoms. The van der Waals surface area contributed by atoms with Crippen molar-refractivity contribution < 1.29 is 19.4 Å². The molecule has 0 saturated heterocycles. The summed E-state index contributed by atoms with van der Waals surface area (Å²) in [5, 5.41) is 10.8. The summed E-state index contributed by atoms with van der Waals surface area (Å²) in [6, 6.07) is 0. The van der Waals surface area contributed by atoms with E-state index >= 15 is 0 Å². The summed E-state index contributed by atoms with van der Waals surface area (Å²) in [5.74, 6) is -1.54. The van der Waals surface area contributed by atoms with Gasteiger partial charge >= 0.3 is 12.1 Å². The number of hydrogen-bond acceptors (Lipinski definition) is 3. The minimum Gasteiger partial charge on any atom is -0.481 e. The van der Waals surface area contributed by atoms with Gasteiger partial charge in [0.15, 0.2) is 0 Å². The van der Waals surface area contributed by atoms with Crippen molar-refractivity contribution in [3.05, 3.63) is 0 Å². The molecule has 5 nitrogen and oxygen atoms in total. The molecule has 0 bridgehead atoms. The highest BCUT2D eigenvalue weighted by Gasteiger charge is 2.12. The predicted molar refractivity (Wildman–Crippen MR) is 46.4 cm³/mol. The number of carbonyl (C=O) groups is 2. The van der Waals surface area contributed by atoms with E-state index in [-0.39, 0.29) is 12.6 Å². The Morgan fingerprint density at radius 3 is 2.31 bits per heavy atom. The largest absolute Gasteiger partial charge is 0.481 e. The van der Waals surface area contributed by atoms with Crippen molar-refractivity contribution in [2.45, 2.75) is 26.9 Å². The SMILES string of the molecule is CC(C)OC(=O)NCC(C)C(=O)O. The topological polar surface area (TPSA) is 75.6 Å². The molecular formula is C8H15NO4. The van der Waals surface area contributed by atoms with Gasteiger partial charge in [-0.1, -0.05) is 6.92 Å². The normalized spacial score (nSPS) is 12.3. The quantitative estimate of drug-likeness (QED) is 0.687. The van der Waals surface area contributed by atoms with Crippen molar-refractivity contribution in [1.82, 2.24) is 5.32 Å². The third-order valence-electron chi connectivity index (χ3n) is 1.32. The van der Waals surface area contributed by atoms with Crippen LogP contribution in [0.2, 0.25) is 0 Å². The smallest absolute Gasteiger partial charge is 0.407 e. The van der Waals surface area contributed by atoms with Gasteiger partial charge in [0, 0.05) is 6.54 Å². The Balaban J connectivity index is 3.64. The lowest BCUT2D eigenvalue weighted by Gasteiger charge is -2.10. The van der Waals surface area contributed by atoms with E-state index in [1.54, 1.807) is 13.8 Å². The molecule has 1 unspecified atom stereocenters. The number of alkyl carbamates (subject to hydrolysis) is 1. The number of ether oxygens (including phenoxy) is 1. The molecule has 0 fully saturated rings. The van der Waals surface area contributed by atoms with E-state index < -0.39 is 18.0 Å². The third-order valence-corrected chi connectivity index (χ3v) is 1.32. The molecule has 0 rings (SSSR count). The molecule has 0 aliphatic carbocycles. The second-order valence-corrected chi connectivity index (χ2v) is 3.07. The van der Waals surface area contributed by atoms with Gasteiger partial charge in [-0.15, -0.1) is 0 Å². The van der Waals surface area contributed by atoms with Crippen LogP contribution in [0.5, 0.6) is 0 Å². The minimum atomic E-state index is -0.940. The van der Waals surface area contributed by atoms with Crippen molar-refractivity contribution in [2.75, 3.05) is 6.54 Å². The summed E-state index contributed by atoms with van der Waals surface area (Å²) in [5.41, 5.74) is 0. The van der Waals surface area contributed by atoms with E-state index in [9.17, 15) is 9.59 Å². The molecule has 1 amide bonds. The van der Waals surface area contributed by atoms with Crippen LogP contribution >= 0.6 is 0 Å². The molecule has 0 aliphatic rings. The third kappa shape index (κ3) is 5.95. The maximum atomic E-state index is 10.9. The maximum Gasteiger partial charge on any atom is 0.407 e. The second kappa shape index (κ2) is 5.40. The first kappa shape index (κ1) is 11.7. The number of amides is 1. The summed E-state index contributed by atoms with van der Waals surface area (Å²) in [4.78, 5) is 21.2. The number of hydrogen-bond donors (Lipinski definition) is 2. The molecule has 0 aromatic rings. The number of carboxylic acids is 1. The molecular weight excluding hydrogens is 174 g/mol. The summed E-state index contributed by atoms with van der Waals surface area (Å²) in [7, 11) is 0. The van der Waals surface area contributed by atoms with E-state index in [1.165, 1.54) is 6.92 Å². The summed E-state index contributed by atoms with van der Waals surface area (Å²) in [6.07, 6.45) is -0.775. The fourth-order valence-electron chi connectivity index (χ4n) is 0.579. The van der Waals surface area contributed by atoms with Gasteiger partial charge in [-0.3, -0.25) is 4.79 Å². The Labute approximate surface area is 77.1 Å². The first-order valence-electron chi connectivity index (χ1n) is 4.10. The van der Waals surface area contributed by atoms with E-state index in [4.69, 9.17) is 9.84 Å². The van der Waals surface area contributed by atoms with Crippen LogP contribution in [-0.2, 0) is 9.53 Å². The fraction of sp³-hybridized carbons (Fsp3) is 0.750. The summed E-state index contributed by atoms with van der Waals surface area (Å²) >= 11 is 0. The molecule has 76 valence electrons. The van der Waals surface area contributed by atoms with Gasteiger partial charge in [0.2, 0.25) is 0 Å². The Hall–Kier alpha value is -1.26. The van der Waals surface area contributed by atoms with Crippen molar-refractivity contribution >= 4 is 12.1 Å². The van der Waals surface area contributed by atoms with Gasteiger partial charge in [-0.05, 0) is 13.8 Å². The predicted octanol–water partition coefficient (Wildman–Crippen LogP) is 0.842. The van der Waals surface area contributed by atoms with E-state index in [1.807, 2.05) is 0 Å². The molecule has 5 heteroatoms. The molecule has 0 aromatic heterocycles. The molecule has 0 heterocycles. The maximum absolute atomic E-state index is 10.9. The van der Waals surface area contributed by atoms with Gasteiger partial charge < -0.3 is 15.2 Å². The number of aliphatic carboxylic acids is 1. The van der Waals surface area contributed by atoms with Crippen LogP contribution in [-0.4, -0.2) is 29.8 Å². The Bertz CT molecular complexity index is 191. The van der Waals surface area contributed by atoms with E-state index in [0.717, 1.165) is 0 Å². The van der Waals surface area contributed by atoms with E-state index in [0.29, 0.717) is 0 Å². The Morgan fingerprint density at radius 1 is 1.38 bits per heavy atom. The van der Waals surface area contributed by atoms with Gasteiger partial charge in [-0.2, -0.15) is 0 Å². The van der Waals surface area contributed by atoms with Gasteiger partial charge in [0.25, 0.3) is 0 Å². The molecule has 0 saturated carbocycles. The van der Waals surface area contributed by atoms with Crippen molar-refractivity contribution in [1.29, 1.82) is 0 Å². The first-order valence-corrected chi connectivity index (χ1v) is 4.10. The number of rotatable bonds is 4. The summed E-state index contributed by atoms with van der Waals surface area (Å²) < 4.78 is 4.74. The monoisotopic (exact) mass is 189 g/mol. The second-order valence-electron chi connectivity index (χ2n) is 3.07. The fourth-order valence-corrected chi connectivity index (χ4v) is 0.579. The minimum absolute atomic E-state index is 0.0842. The highest BCUT2D eigenvalue weighted by Crippen LogP contribution is 1.93. The molecule has 0 spiro atoms. The Morgan fingerprint density at radius 2 is 1.92 bits per heavy atom.